The Morgan fingerprint density at radius 2 is 1.93 bits per heavy atom. The third-order valence-corrected chi connectivity index (χ3v) is 5.28. The van der Waals surface area contributed by atoms with E-state index >= 15 is 0 Å². The number of pyridine rings is 2. The van der Waals surface area contributed by atoms with Crippen molar-refractivity contribution < 1.29 is 4.79 Å². The number of benzene rings is 1. The average molecular weight is 372 g/mol. The van der Waals surface area contributed by atoms with Crippen LogP contribution >= 0.6 is 0 Å². The van der Waals surface area contributed by atoms with Crippen molar-refractivity contribution in [2.24, 2.45) is 0 Å². The van der Waals surface area contributed by atoms with Gasteiger partial charge in [-0.15, -0.1) is 0 Å². The number of carbonyl (C=O) groups excluding carboxylic acids is 1. The third-order valence-electron chi connectivity index (χ3n) is 5.28. The molecule has 3 heterocycles. The van der Waals surface area contributed by atoms with Crippen LogP contribution in [0.1, 0.15) is 28.5 Å². The van der Waals surface area contributed by atoms with E-state index in [1.807, 2.05) is 31.3 Å². The molecule has 1 aliphatic heterocycles. The molecule has 2 aromatic heterocycles. The van der Waals surface area contributed by atoms with E-state index in [9.17, 15) is 4.79 Å². The van der Waals surface area contributed by atoms with Crippen molar-refractivity contribution in [3.63, 3.8) is 0 Å². The van der Waals surface area contributed by atoms with Crippen LogP contribution in [0, 0.1) is 0 Å². The van der Waals surface area contributed by atoms with Crippen LogP contribution in [0.4, 0.5) is 11.4 Å². The smallest absolute Gasteiger partial charge is 0.272 e. The molecule has 3 aromatic rings. The van der Waals surface area contributed by atoms with Crippen molar-refractivity contribution in [2.45, 2.75) is 25.8 Å². The topological polar surface area (TPSA) is 49.3 Å². The summed E-state index contributed by atoms with van der Waals surface area (Å²) in [5, 5.41) is 0. The predicted octanol–water partition coefficient (Wildman–Crippen LogP) is 3.87. The number of nitrogens with zero attached hydrogens (tertiary/aromatic N) is 4. The molecule has 4 rings (SSSR count). The molecule has 0 saturated heterocycles. The van der Waals surface area contributed by atoms with E-state index in [0.29, 0.717) is 18.3 Å². The number of carbonyl (C=O) groups is 1. The molecule has 0 N–H and O–H groups in total. The van der Waals surface area contributed by atoms with Gasteiger partial charge in [-0.05, 0) is 61.2 Å². The molecule has 0 aliphatic carbocycles. The van der Waals surface area contributed by atoms with Crippen molar-refractivity contribution in [2.75, 3.05) is 18.5 Å². The Morgan fingerprint density at radius 3 is 2.75 bits per heavy atom. The van der Waals surface area contributed by atoms with Crippen molar-refractivity contribution >= 4 is 17.3 Å². The average Bonchev–Trinajstić information content (AvgIpc) is 3.08. The second kappa shape index (κ2) is 7.80. The highest BCUT2D eigenvalue weighted by atomic mass is 16.2. The highest BCUT2D eigenvalue weighted by molar-refractivity contribution is 5.93. The van der Waals surface area contributed by atoms with Gasteiger partial charge in [-0.3, -0.25) is 14.8 Å². The number of rotatable bonds is 5. The lowest BCUT2D eigenvalue weighted by atomic mass is 10.1. The molecule has 0 bridgehead atoms. The minimum Gasteiger partial charge on any atom is -0.340 e. The van der Waals surface area contributed by atoms with E-state index in [0.717, 1.165) is 18.5 Å². The molecule has 0 spiro atoms. The molecule has 0 fully saturated rings. The van der Waals surface area contributed by atoms with Crippen LogP contribution in [0.3, 0.4) is 0 Å². The molecule has 1 atom stereocenters. The molecular formula is C23H24N4O. The summed E-state index contributed by atoms with van der Waals surface area (Å²) in [4.78, 5) is 25.3. The molecule has 5 nitrogen and oxygen atoms in total. The first-order valence-electron chi connectivity index (χ1n) is 9.61. The molecule has 1 aromatic carbocycles. The molecule has 1 amide bonds. The van der Waals surface area contributed by atoms with Crippen LogP contribution in [0.15, 0.2) is 67.1 Å². The van der Waals surface area contributed by atoms with Crippen LogP contribution in [-0.2, 0) is 12.8 Å². The molecule has 142 valence electrons. The number of anilines is 2. The third kappa shape index (κ3) is 3.60. The Bertz CT molecular complexity index is 973. The maximum atomic E-state index is 12.9. The lowest BCUT2D eigenvalue weighted by Crippen LogP contribution is -2.30. The van der Waals surface area contributed by atoms with Gasteiger partial charge in [0, 0.05) is 49.6 Å². The number of likely N-dealkylation sites (N-methyl/N-ethyl adjacent to an activating group) is 1. The van der Waals surface area contributed by atoms with E-state index in [1.165, 1.54) is 16.8 Å². The molecule has 0 saturated carbocycles. The van der Waals surface area contributed by atoms with Crippen molar-refractivity contribution in [3.05, 3.63) is 83.9 Å². The summed E-state index contributed by atoms with van der Waals surface area (Å²) in [6, 6.07) is 16.6. The highest BCUT2D eigenvalue weighted by Crippen LogP contribution is 2.38. The summed E-state index contributed by atoms with van der Waals surface area (Å²) in [7, 11) is 1.83. The maximum Gasteiger partial charge on any atom is 0.272 e. The summed E-state index contributed by atoms with van der Waals surface area (Å²) < 4.78 is 0. The van der Waals surface area contributed by atoms with Gasteiger partial charge < -0.3 is 9.80 Å². The molecule has 28 heavy (non-hydrogen) atoms. The monoisotopic (exact) mass is 372 g/mol. The molecule has 1 unspecified atom stereocenters. The van der Waals surface area contributed by atoms with Gasteiger partial charge in [-0.1, -0.05) is 18.2 Å². The van der Waals surface area contributed by atoms with Crippen LogP contribution in [0.2, 0.25) is 0 Å². The fraction of sp³-hybridized carbons (Fsp3) is 0.261. The summed E-state index contributed by atoms with van der Waals surface area (Å²) in [6.07, 6.45) is 7.08. The van der Waals surface area contributed by atoms with Gasteiger partial charge in [0.2, 0.25) is 0 Å². The Labute approximate surface area is 165 Å². The van der Waals surface area contributed by atoms with E-state index in [1.54, 1.807) is 23.5 Å². The van der Waals surface area contributed by atoms with Gasteiger partial charge in [0.1, 0.15) is 5.69 Å². The Hall–Kier alpha value is -3.21. The van der Waals surface area contributed by atoms with Crippen LogP contribution in [0.5, 0.6) is 0 Å². The van der Waals surface area contributed by atoms with Crippen molar-refractivity contribution in [1.82, 2.24) is 14.9 Å². The van der Waals surface area contributed by atoms with Crippen LogP contribution < -0.4 is 4.90 Å². The van der Waals surface area contributed by atoms with E-state index in [2.05, 4.69) is 46.1 Å². The first-order chi connectivity index (χ1) is 13.6. The summed E-state index contributed by atoms with van der Waals surface area (Å²) in [5.41, 5.74) is 5.21. The largest absolute Gasteiger partial charge is 0.340 e. The summed E-state index contributed by atoms with van der Waals surface area (Å²) in [5.74, 6) is -0.0592. The quantitative estimate of drug-likeness (QED) is 0.682. The Morgan fingerprint density at radius 1 is 1.14 bits per heavy atom. The zero-order chi connectivity index (χ0) is 19.5. The number of aromatic nitrogens is 2. The minimum atomic E-state index is -0.0592. The van der Waals surface area contributed by atoms with E-state index in [-0.39, 0.29) is 5.91 Å². The number of amides is 1. The lowest BCUT2D eigenvalue weighted by molar-refractivity contribution is 0.0791. The molecule has 5 heteroatoms. The lowest BCUT2D eigenvalue weighted by Gasteiger charge is -2.25. The second-order valence-electron chi connectivity index (χ2n) is 7.28. The molecule has 1 aliphatic rings. The van der Waals surface area contributed by atoms with Crippen molar-refractivity contribution in [1.29, 1.82) is 0 Å². The van der Waals surface area contributed by atoms with Gasteiger partial charge in [-0.25, -0.2) is 0 Å². The number of para-hydroxylation sites is 1. The summed E-state index contributed by atoms with van der Waals surface area (Å²) in [6.45, 7) is 2.85. The fourth-order valence-corrected chi connectivity index (χ4v) is 3.79. The zero-order valence-corrected chi connectivity index (χ0v) is 16.2. The molecule has 0 radical (unpaired) electrons. The summed E-state index contributed by atoms with van der Waals surface area (Å²) >= 11 is 0. The van der Waals surface area contributed by atoms with E-state index < -0.39 is 0 Å². The number of fused-ring (bicyclic) bond motifs is 1. The van der Waals surface area contributed by atoms with Gasteiger partial charge >= 0.3 is 0 Å². The highest BCUT2D eigenvalue weighted by Gasteiger charge is 2.27. The minimum absolute atomic E-state index is 0.0592. The second-order valence-corrected chi connectivity index (χ2v) is 7.28. The fourth-order valence-electron chi connectivity index (χ4n) is 3.79. The van der Waals surface area contributed by atoms with Gasteiger partial charge in [0.15, 0.2) is 0 Å². The first-order valence-corrected chi connectivity index (χ1v) is 9.61. The van der Waals surface area contributed by atoms with Gasteiger partial charge in [0.05, 0.1) is 0 Å². The van der Waals surface area contributed by atoms with E-state index in [4.69, 9.17) is 0 Å². The zero-order valence-electron chi connectivity index (χ0n) is 16.2. The molecular weight excluding hydrogens is 348 g/mol. The Kier molecular flexibility index (Phi) is 5.06. The normalized spacial score (nSPS) is 15.4. The standard InChI is InChI=1S/C23H24N4O/c1-17-15-19-5-3-4-6-22(19)27(17)20-9-13-25-21(16-20)23(28)26(2)14-10-18-7-11-24-12-8-18/h3-9,11-13,16-17H,10,14-15H2,1-2H3. The Balaban J connectivity index is 1.51. The number of hydrogen-bond donors (Lipinski definition) is 0. The SMILES string of the molecule is CC1Cc2ccccc2N1c1ccnc(C(=O)N(C)CCc2ccncc2)c1. The van der Waals surface area contributed by atoms with Gasteiger partial charge in [0.25, 0.3) is 5.91 Å². The van der Waals surface area contributed by atoms with Crippen LogP contribution in [-0.4, -0.2) is 40.4 Å². The maximum absolute atomic E-state index is 12.9. The van der Waals surface area contributed by atoms with Crippen molar-refractivity contribution in [3.8, 4) is 0 Å². The number of hydrogen-bond acceptors (Lipinski definition) is 4. The predicted molar refractivity (Wildman–Crippen MR) is 111 cm³/mol. The van der Waals surface area contributed by atoms with Gasteiger partial charge in [-0.2, -0.15) is 0 Å². The first kappa shape index (κ1) is 18.2. The van der Waals surface area contributed by atoms with Crippen LogP contribution in [0.25, 0.3) is 0 Å².